The molecule has 0 saturated heterocycles. The Morgan fingerprint density at radius 3 is 2.04 bits per heavy atom. The molecule has 0 N–H and O–H groups in total. The number of aryl methyl sites for hydroxylation is 1. The molecule has 2 heterocycles. The molecule has 3 aromatic rings. The summed E-state index contributed by atoms with van der Waals surface area (Å²) < 4.78 is 129. The first-order valence-electron chi connectivity index (χ1n) is 13.8. The summed E-state index contributed by atoms with van der Waals surface area (Å²) in [5.41, 5.74) is -4.69. The molecule has 2 aromatic carbocycles. The van der Waals surface area contributed by atoms with E-state index in [1.165, 1.54) is 16.8 Å². The van der Waals surface area contributed by atoms with Gasteiger partial charge in [0, 0.05) is 12.6 Å². The van der Waals surface area contributed by atoms with Crippen LogP contribution in [-0.2, 0) is 36.9 Å². The molecule has 0 unspecified atom stereocenters. The second-order valence-corrected chi connectivity index (χ2v) is 10.9. The minimum absolute atomic E-state index is 0.0184. The fourth-order valence-electron chi connectivity index (χ4n) is 5.30. The van der Waals surface area contributed by atoms with E-state index in [-0.39, 0.29) is 29.7 Å². The van der Waals surface area contributed by atoms with Crippen molar-refractivity contribution in [1.82, 2.24) is 20.2 Å². The van der Waals surface area contributed by atoms with E-state index in [0.29, 0.717) is 25.0 Å². The van der Waals surface area contributed by atoms with Crippen LogP contribution in [0.1, 0.15) is 73.9 Å². The lowest BCUT2D eigenvalue weighted by molar-refractivity contribution is -0.143. The lowest BCUT2D eigenvalue weighted by Gasteiger charge is -2.44. The highest BCUT2D eigenvalue weighted by molar-refractivity contribution is 5.90. The van der Waals surface area contributed by atoms with Gasteiger partial charge < -0.3 is 9.64 Å². The van der Waals surface area contributed by atoms with E-state index in [0.717, 1.165) is 23.0 Å². The average molecular weight is 653 g/mol. The quantitative estimate of drug-likeness (QED) is 0.241. The maximum atomic E-state index is 13.9. The van der Waals surface area contributed by atoms with Crippen molar-refractivity contribution in [1.29, 1.82) is 0 Å². The molecule has 1 aliphatic rings. The van der Waals surface area contributed by atoms with Crippen molar-refractivity contribution >= 4 is 17.7 Å². The summed E-state index contributed by atoms with van der Waals surface area (Å²) in [5.74, 6) is -0.259. The Bertz CT molecular complexity index is 1490. The Morgan fingerprint density at radius 1 is 0.956 bits per heavy atom. The van der Waals surface area contributed by atoms with Crippen molar-refractivity contribution in [3.63, 3.8) is 0 Å². The van der Waals surface area contributed by atoms with Crippen LogP contribution >= 0.6 is 0 Å². The normalized spacial score (nSPS) is 17.4. The molecule has 1 aliphatic heterocycles. The third kappa shape index (κ3) is 7.61. The van der Waals surface area contributed by atoms with E-state index in [9.17, 15) is 44.3 Å². The molecule has 0 saturated carbocycles. The second kappa shape index (κ2) is 12.4. The van der Waals surface area contributed by atoms with Crippen LogP contribution < -0.4 is 9.80 Å². The standard InChI is InChI=1S/C28H29F9N6O2/c1-5-6-20-13-23(21-12-17(26(29,30)31)7-8-22(21)43(20)25(44)45-15(2)3)42(24-38-40-41(4)39-24)14-16-9-18(27(32,33)34)11-19(10-16)28(35,36)37/h7-12,15,20,23H,5-6,13-14H2,1-4H3/t20-,23+/m1/s1. The van der Waals surface area contributed by atoms with Gasteiger partial charge in [-0.05, 0) is 79.4 Å². The van der Waals surface area contributed by atoms with Crippen LogP contribution in [0.3, 0.4) is 0 Å². The number of fused-ring (bicyclic) bond motifs is 1. The first-order valence-corrected chi connectivity index (χ1v) is 13.8. The Morgan fingerprint density at radius 2 is 1.56 bits per heavy atom. The fraction of sp³-hybridized carbons (Fsp3) is 0.500. The topological polar surface area (TPSA) is 76.4 Å². The summed E-state index contributed by atoms with van der Waals surface area (Å²) in [4.78, 5) is 16.7. The number of rotatable bonds is 7. The Kier molecular flexibility index (Phi) is 9.31. The number of hydrogen-bond acceptors (Lipinski definition) is 6. The molecular formula is C28H29F9N6O2. The molecule has 1 aromatic heterocycles. The van der Waals surface area contributed by atoms with Crippen molar-refractivity contribution in [2.75, 3.05) is 9.80 Å². The molecule has 0 fully saturated rings. The zero-order valence-electron chi connectivity index (χ0n) is 24.4. The maximum absolute atomic E-state index is 13.9. The number of carbonyl (C=O) groups excluding carboxylic acids is 1. The number of aromatic nitrogens is 4. The van der Waals surface area contributed by atoms with E-state index in [2.05, 4.69) is 15.4 Å². The Hall–Kier alpha value is -4.05. The lowest BCUT2D eigenvalue weighted by Crippen LogP contribution is -2.48. The van der Waals surface area contributed by atoms with Gasteiger partial charge in [0.25, 0.3) is 5.95 Å². The number of ether oxygens (including phenoxy) is 1. The highest BCUT2D eigenvalue weighted by Gasteiger charge is 2.43. The number of hydrogen-bond donors (Lipinski definition) is 0. The number of anilines is 2. The Balaban J connectivity index is 1.94. The first kappa shape index (κ1) is 33.8. The summed E-state index contributed by atoms with van der Waals surface area (Å²) in [6.07, 6.45) is -15.7. The van der Waals surface area contributed by atoms with Crippen LogP contribution in [0.2, 0.25) is 0 Å². The molecule has 0 aliphatic carbocycles. The van der Waals surface area contributed by atoms with Gasteiger partial charge in [-0.3, -0.25) is 4.90 Å². The van der Waals surface area contributed by atoms with Crippen LogP contribution in [-0.4, -0.2) is 38.4 Å². The van der Waals surface area contributed by atoms with Crippen molar-refractivity contribution < 1.29 is 49.0 Å². The number of halogens is 9. The predicted octanol–water partition coefficient (Wildman–Crippen LogP) is 7.94. The van der Waals surface area contributed by atoms with E-state index in [1.807, 2.05) is 6.92 Å². The van der Waals surface area contributed by atoms with Gasteiger partial charge in [0.05, 0.1) is 41.6 Å². The predicted molar refractivity (Wildman–Crippen MR) is 143 cm³/mol. The molecule has 0 spiro atoms. The van der Waals surface area contributed by atoms with Crippen molar-refractivity contribution in [3.8, 4) is 0 Å². The molecule has 1 amide bonds. The summed E-state index contributed by atoms with van der Waals surface area (Å²) >= 11 is 0. The summed E-state index contributed by atoms with van der Waals surface area (Å²) in [6, 6.07) is 1.91. The number of nitrogens with zero attached hydrogens (tertiary/aromatic N) is 6. The molecule has 4 rings (SSSR count). The fourth-order valence-corrected chi connectivity index (χ4v) is 5.30. The SMILES string of the molecule is CCC[C@@H]1C[C@H](N(Cc2cc(C(F)(F)F)cc(C(F)(F)F)c2)c2nnn(C)n2)c2cc(C(F)(F)F)ccc2N1C(=O)OC(C)C. The molecule has 0 bridgehead atoms. The third-order valence-corrected chi connectivity index (χ3v) is 7.12. The highest BCUT2D eigenvalue weighted by Crippen LogP contribution is 2.46. The number of tetrazole rings is 1. The molecule has 17 heteroatoms. The molecule has 8 nitrogen and oxygen atoms in total. The molecule has 2 atom stereocenters. The van der Waals surface area contributed by atoms with Crippen LogP contribution in [0, 0.1) is 0 Å². The van der Waals surface area contributed by atoms with Crippen molar-refractivity contribution in [2.45, 2.75) is 83.3 Å². The van der Waals surface area contributed by atoms with Crippen molar-refractivity contribution in [3.05, 3.63) is 64.2 Å². The average Bonchev–Trinajstić information content (AvgIpc) is 3.35. The van der Waals surface area contributed by atoms with E-state index in [4.69, 9.17) is 4.74 Å². The van der Waals surface area contributed by atoms with Gasteiger partial charge in [-0.15, -0.1) is 5.10 Å². The Labute approximate surface area is 251 Å². The summed E-state index contributed by atoms with van der Waals surface area (Å²) in [6.45, 7) is 4.33. The summed E-state index contributed by atoms with van der Waals surface area (Å²) in [7, 11) is 1.36. The van der Waals surface area contributed by atoms with Crippen LogP contribution in [0.5, 0.6) is 0 Å². The first-order chi connectivity index (χ1) is 20.8. The molecular weight excluding hydrogens is 623 g/mol. The molecule has 0 radical (unpaired) electrons. The van der Waals surface area contributed by atoms with Crippen LogP contribution in [0.15, 0.2) is 36.4 Å². The van der Waals surface area contributed by atoms with Gasteiger partial charge in [-0.2, -0.15) is 44.3 Å². The van der Waals surface area contributed by atoms with E-state index < -0.39 is 71.6 Å². The zero-order valence-corrected chi connectivity index (χ0v) is 24.4. The zero-order chi connectivity index (χ0) is 33.5. The monoisotopic (exact) mass is 652 g/mol. The smallest absolute Gasteiger partial charge is 0.416 e. The lowest BCUT2D eigenvalue weighted by atomic mass is 9.87. The summed E-state index contributed by atoms with van der Waals surface area (Å²) in [5, 5.41) is 11.7. The minimum Gasteiger partial charge on any atom is -0.446 e. The van der Waals surface area contributed by atoms with Crippen LogP contribution in [0.4, 0.5) is 55.9 Å². The van der Waals surface area contributed by atoms with E-state index >= 15 is 0 Å². The minimum atomic E-state index is -5.13. The number of carbonyl (C=O) groups is 1. The highest BCUT2D eigenvalue weighted by atomic mass is 19.4. The van der Waals surface area contributed by atoms with Gasteiger partial charge >= 0.3 is 24.6 Å². The van der Waals surface area contributed by atoms with Crippen LogP contribution in [0.25, 0.3) is 0 Å². The van der Waals surface area contributed by atoms with Gasteiger partial charge in [-0.1, -0.05) is 18.4 Å². The molecule has 45 heavy (non-hydrogen) atoms. The van der Waals surface area contributed by atoms with Gasteiger partial charge in [0.1, 0.15) is 0 Å². The van der Waals surface area contributed by atoms with E-state index in [1.54, 1.807) is 13.8 Å². The van der Waals surface area contributed by atoms with Gasteiger partial charge in [-0.25, -0.2) is 4.79 Å². The molecule has 246 valence electrons. The van der Waals surface area contributed by atoms with Gasteiger partial charge in [0.15, 0.2) is 0 Å². The number of alkyl halides is 9. The largest absolute Gasteiger partial charge is 0.446 e. The second-order valence-electron chi connectivity index (χ2n) is 10.9. The third-order valence-electron chi connectivity index (χ3n) is 7.12. The number of amides is 1. The van der Waals surface area contributed by atoms with Crippen molar-refractivity contribution in [2.24, 2.45) is 7.05 Å². The van der Waals surface area contributed by atoms with Gasteiger partial charge in [0.2, 0.25) is 0 Å². The number of benzene rings is 2. The maximum Gasteiger partial charge on any atom is 0.416 e.